The van der Waals surface area contributed by atoms with Crippen LogP contribution in [0.4, 0.5) is 5.69 Å². The third-order valence-electron chi connectivity index (χ3n) is 3.53. The molecular formula is C14H13N3O3S2. The fourth-order valence-electron chi connectivity index (χ4n) is 2.44. The van der Waals surface area contributed by atoms with Crippen molar-refractivity contribution < 1.29 is 14.7 Å². The molecule has 0 spiro atoms. The second kappa shape index (κ2) is 5.29. The third kappa shape index (κ3) is 2.15. The van der Waals surface area contributed by atoms with Gasteiger partial charge in [0, 0.05) is 19.0 Å². The van der Waals surface area contributed by atoms with Crippen molar-refractivity contribution in [3.63, 3.8) is 0 Å². The van der Waals surface area contributed by atoms with Crippen molar-refractivity contribution in [2.24, 2.45) is 0 Å². The number of rotatable bonds is 2. The van der Waals surface area contributed by atoms with Gasteiger partial charge in [-0.05, 0) is 24.4 Å². The number of carboxylic acid groups (broad SMARTS) is 1. The SMILES string of the molecule is CN1C(=O)/C(=C2\Sc3ccccc3N2C)N(CC(=O)O)C1=S. The van der Waals surface area contributed by atoms with Crippen LogP contribution in [0.25, 0.3) is 0 Å². The van der Waals surface area contributed by atoms with Crippen molar-refractivity contribution in [2.75, 3.05) is 25.5 Å². The lowest BCUT2D eigenvalue weighted by molar-refractivity contribution is -0.137. The summed E-state index contributed by atoms with van der Waals surface area (Å²) in [4.78, 5) is 29.2. The molecule has 3 rings (SSSR count). The van der Waals surface area contributed by atoms with Gasteiger partial charge in [0.25, 0.3) is 5.91 Å². The van der Waals surface area contributed by atoms with Crippen LogP contribution < -0.4 is 4.90 Å². The molecule has 1 saturated heterocycles. The summed E-state index contributed by atoms with van der Waals surface area (Å²) in [5.41, 5.74) is 1.30. The Morgan fingerprint density at radius 3 is 2.59 bits per heavy atom. The standard InChI is InChI=1S/C14H13N3O3S2/c1-15-8-5-3-4-6-9(8)22-13(15)11-12(20)16(2)14(21)17(11)7-10(18)19/h3-6H,7H2,1-2H3,(H,18,19)/b13-11+. The van der Waals surface area contributed by atoms with Gasteiger partial charge in [-0.1, -0.05) is 23.9 Å². The minimum atomic E-state index is -1.04. The highest BCUT2D eigenvalue weighted by Gasteiger charge is 2.41. The van der Waals surface area contributed by atoms with E-state index in [1.807, 2.05) is 36.2 Å². The first-order valence-corrected chi connectivity index (χ1v) is 7.70. The number of hydrogen-bond donors (Lipinski definition) is 1. The Balaban J connectivity index is 2.10. The number of para-hydroxylation sites is 1. The molecule has 0 atom stereocenters. The lowest BCUT2D eigenvalue weighted by Crippen LogP contribution is -2.33. The third-order valence-corrected chi connectivity index (χ3v) is 5.25. The maximum Gasteiger partial charge on any atom is 0.323 e. The number of benzene rings is 1. The minimum absolute atomic E-state index is 0.208. The van der Waals surface area contributed by atoms with E-state index in [0.717, 1.165) is 10.6 Å². The van der Waals surface area contributed by atoms with E-state index in [9.17, 15) is 9.59 Å². The first-order valence-electron chi connectivity index (χ1n) is 6.48. The van der Waals surface area contributed by atoms with Crippen LogP contribution in [-0.4, -0.2) is 52.5 Å². The highest BCUT2D eigenvalue weighted by Crippen LogP contribution is 2.47. The van der Waals surface area contributed by atoms with E-state index in [2.05, 4.69) is 0 Å². The Labute approximate surface area is 137 Å². The van der Waals surface area contributed by atoms with Crippen LogP contribution in [0.3, 0.4) is 0 Å². The van der Waals surface area contributed by atoms with E-state index in [1.165, 1.54) is 21.6 Å². The Morgan fingerprint density at radius 2 is 1.95 bits per heavy atom. The normalized spacial score (nSPS) is 20.9. The molecule has 1 aromatic rings. The van der Waals surface area contributed by atoms with Gasteiger partial charge < -0.3 is 14.9 Å². The molecule has 1 aromatic carbocycles. The minimum Gasteiger partial charge on any atom is -0.480 e. The zero-order valence-electron chi connectivity index (χ0n) is 11.9. The van der Waals surface area contributed by atoms with E-state index in [0.29, 0.717) is 10.7 Å². The first kappa shape index (κ1) is 14.9. The molecule has 0 aromatic heterocycles. The van der Waals surface area contributed by atoms with E-state index in [-0.39, 0.29) is 17.6 Å². The zero-order chi connectivity index (χ0) is 16.0. The van der Waals surface area contributed by atoms with E-state index >= 15 is 0 Å². The molecule has 1 amide bonds. The fourth-order valence-corrected chi connectivity index (χ4v) is 3.87. The van der Waals surface area contributed by atoms with Gasteiger partial charge in [-0.25, -0.2) is 0 Å². The molecule has 2 heterocycles. The Kier molecular flexibility index (Phi) is 3.57. The van der Waals surface area contributed by atoms with E-state index in [1.54, 1.807) is 7.05 Å². The number of likely N-dealkylation sites (N-methyl/N-ethyl adjacent to an activating group) is 1. The molecule has 0 saturated carbocycles. The second-order valence-electron chi connectivity index (χ2n) is 4.91. The van der Waals surface area contributed by atoms with E-state index in [4.69, 9.17) is 17.3 Å². The summed E-state index contributed by atoms with van der Waals surface area (Å²) in [5, 5.41) is 9.99. The van der Waals surface area contributed by atoms with Crippen molar-refractivity contribution in [3.05, 3.63) is 35.0 Å². The predicted molar refractivity (Wildman–Crippen MR) is 87.4 cm³/mol. The van der Waals surface area contributed by atoms with Crippen LogP contribution in [0.15, 0.2) is 39.9 Å². The fraction of sp³-hybridized carbons (Fsp3) is 0.214. The number of aliphatic carboxylic acids is 1. The van der Waals surface area contributed by atoms with Gasteiger partial charge in [0.1, 0.15) is 17.3 Å². The van der Waals surface area contributed by atoms with Crippen LogP contribution in [-0.2, 0) is 9.59 Å². The second-order valence-corrected chi connectivity index (χ2v) is 6.30. The quantitative estimate of drug-likeness (QED) is 0.650. The Bertz CT molecular complexity index is 732. The smallest absolute Gasteiger partial charge is 0.323 e. The van der Waals surface area contributed by atoms with Gasteiger partial charge in [0.05, 0.1) is 5.69 Å². The average Bonchev–Trinajstić information content (AvgIpc) is 2.91. The summed E-state index contributed by atoms with van der Waals surface area (Å²) >= 11 is 6.65. The molecule has 2 aliphatic heterocycles. The number of thiocarbonyl (C=S) groups is 1. The van der Waals surface area contributed by atoms with Crippen molar-refractivity contribution in [2.45, 2.75) is 4.90 Å². The molecule has 6 nitrogen and oxygen atoms in total. The number of carbonyl (C=O) groups is 2. The lowest BCUT2D eigenvalue weighted by atomic mass is 10.3. The summed E-state index contributed by atoms with van der Waals surface area (Å²) < 4.78 is 0. The average molecular weight is 335 g/mol. The van der Waals surface area contributed by atoms with Crippen LogP contribution in [0.1, 0.15) is 0 Å². The number of fused-ring (bicyclic) bond motifs is 1. The molecule has 1 fully saturated rings. The highest BCUT2D eigenvalue weighted by atomic mass is 32.2. The van der Waals surface area contributed by atoms with Crippen LogP contribution in [0, 0.1) is 0 Å². The van der Waals surface area contributed by atoms with Gasteiger partial charge >= 0.3 is 5.97 Å². The van der Waals surface area contributed by atoms with Crippen LogP contribution in [0.5, 0.6) is 0 Å². The van der Waals surface area contributed by atoms with Crippen molar-refractivity contribution >= 4 is 46.7 Å². The summed E-state index contributed by atoms with van der Waals surface area (Å²) in [6, 6.07) is 7.77. The maximum absolute atomic E-state index is 12.5. The van der Waals surface area contributed by atoms with Crippen LogP contribution in [0.2, 0.25) is 0 Å². The first-order chi connectivity index (χ1) is 10.4. The molecule has 0 bridgehead atoms. The number of carbonyl (C=O) groups excluding carboxylic acids is 1. The molecule has 22 heavy (non-hydrogen) atoms. The molecule has 0 radical (unpaired) electrons. The zero-order valence-corrected chi connectivity index (χ0v) is 13.6. The van der Waals surface area contributed by atoms with Crippen LogP contribution >= 0.6 is 24.0 Å². The van der Waals surface area contributed by atoms with Crippen molar-refractivity contribution in [1.29, 1.82) is 0 Å². The molecule has 8 heteroatoms. The van der Waals surface area contributed by atoms with E-state index < -0.39 is 5.97 Å². The highest BCUT2D eigenvalue weighted by molar-refractivity contribution is 8.03. The van der Waals surface area contributed by atoms with Gasteiger partial charge in [-0.3, -0.25) is 14.5 Å². The molecular weight excluding hydrogens is 322 g/mol. The number of hydrogen-bond acceptors (Lipinski definition) is 5. The molecule has 2 aliphatic rings. The predicted octanol–water partition coefficient (Wildman–Crippen LogP) is 1.54. The number of anilines is 1. The van der Waals surface area contributed by atoms with Gasteiger partial charge in [0.15, 0.2) is 5.11 Å². The maximum atomic E-state index is 12.5. The van der Waals surface area contributed by atoms with Gasteiger partial charge in [0.2, 0.25) is 0 Å². The topological polar surface area (TPSA) is 64.1 Å². The molecule has 114 valence electrons. The Hall–Kier alpha value is -2.06. The number of carboxylic acids is 1. The molecule has 1 N–H and O–H groups in total. The van der Waals surface area contributed by atoms with Gasteiger partial charge in [-0.15, -0.1) is 0 Å². The largest absolute Gasteiger partial charge is 0.480 e. The summed E-state index contributed by atoms with van der Waals surface area (Å²) in [7, 11) is 3.41. The molecule has 0 unspecified atom stereocenters. The summed E-state index contributed by atoms with van der Waals surface area (Å²) in [6.07, 6.45) is 0. The molecule has 0 aliphatic carbocycles. The Morgan fingerprint density at radius 1 is 1.27 bits per heavy atom. The summed E-state index contributed by atoms with van der Waals surface area (Å²) in [6.45, 7) is -0.335. The lowest BCUT2D eigenvalue weighted by Gasteiger charge is -2.20. The number of nitrogens with zero attached hydrogens (tertiary/aromatic N) is 3. The monoisotopic (exact) mass is 335 g/mol. The van der Waals surface area contributed by atoms with Crippen molar-refractivity contribution in [3.8, 4) is 0 Å². The number of amides is 1. The van der Waals surface area contributed by atoms with Crippen molar-refractivity contribution in [1.82, 2.24) is 9.80 Å². The summed E-state index contributed by atoms with van der Waals surface area (Å²) in [5.74, 6) is -1.32. The number of thioether (sulfide) groups is 1. The van der Waals surface area contributed by atoms with Gasteiger partial charge in [-0.2, -0.15) is 0 Å².